The Morgan fingerprint density at radius 1 is 1.28 bits per heavy atom. The summed E-state index contributed by atoms with van der Waals surface area (Å²) in [5.41, 5.74) is 0.478. The number of ether oxygens (including phenoxy) is 2. The number of nitro benzene ring substituents is 1. The lowest BCUT2D eigenvalue weighted by atomic mass is 10.1. The average molecular weight is 526 g/mol. The summed E-state index contributed by atoms with van der Waals surface area (Å²) in [5, 5.41) is 14.3. The molecule has 0 bridgehead atoms. The van der Waals surface area contributed by atoms with Gasteiger partial charge in [0.2, 0.25) is 5.95 Å². The second-order valence-electron chi connectivity index (χ2n) is 7.97. The fraction of sp³-hybridized carbons (Fsp3) is 0.409. The zero-order chi connectivity index (χ0) is 25.9. The van der Waals surface area contributed by atoms with Gasteiger partial charge in [0.15, 0.2) is 0 Å². The van der Waals surface area contributed by atoms with E-state index in [1.54, 1.807) is 13.0 Å². The first-order valence-corrected chi connectivity index (χ1v) is 11.9. The second kappa shape index (κ2) is 10.5. The number of hydrogen-bond donors (Lipinski definition) is 1. The summed E-state index contributed by atoms with van der Waals surface area (Å²) in [6.07, 6.45) is -4.65. The fourth-order valence-corrected chi connectivity index (χ4v) is 4.65. The van der Waals surface area contributed by atoms with E-state index in [1.807, 2.05) is 4.90 Å². The molecule has 36 heavy (non-hydrogen) atoms. The molecule has 1 aromatic carbocycles. The van der Waals surface area contributed by atoms with Crippen LogP contribution in [0.4, 0.5) is 35.4 Å². The van der Waals surface area contributed by atoms with E-state index in [0.29, 0.717) is 42.8 Å². The van der Waals surface area contributed by atoms with Crippen LogP contribution in [0.5, 0.6) is 0 Å². The number of halogens is 3. The number of carbonyl (C=O) groups excluding carboxylic acids is 1. The minimum absolute atomic E-state index is 0.0920. The van der Waals surface area contributed by atoms with Gasteiger partial charge in [0.1, 0.15) is 21.6 Å². The number of benzene rings is 1. The van der Waals surface area contributed by atoms with Crippen molar-refractivity contribution >= 4 is 45.2 Å². The minimum Gasteiger partial charge on any atom is -0.435 e. The number of piperidine rings is 1. The molecule has 2 aromatic heterocycles. The van der Waals surface area contributed by atoms with Gasteiger partial charge in [0, 0.05) is 44.6 Å². The van der Waals surface area contributed by atoms with Gasteiger partial charge < -0.3 is 19.7 Å². The zero-order valence-electron chi connectivity index (χ0n) is 19.1. The number of aromatic nitrogens is 2. The van der Waals surface area contributed by atoms with Gasteiger partial charge in [-0.3, -0.25) is 10.1 Å². The van der Waals surface area contributed by atoms with Crippen molar-refractivity contribution in [1.29, 1.82) is 0 Å². The van der Waals surface area contributed by atoms with Gasteiger partial charge in [-0.15, -0.1) is 11.3 Å². The van der Waals surface area contributed by atoms with Crippen molar-refractivity contribution in [3.8, 4) is 0 Å². The monoisotopic (exact) mass is 525 g/mol. The van der Waals surface area contributed by atoms with Crippen molar-refractivity contribution < 1.29 is 32.4 Å². The number of carbonyl (C=O) groups is 1. The standard InChI is InChI=1S/C22H22F3N5O5S/c1-2-34-21(31)35-15-6-8-29(9-7-15)20-27-18(16-11-17(22(23,24)25)36-19(16)28-20)26-12-13-4-3-5-14(10-13)30(32)33/h3-5,10-11,15H,2,6-9,12H2,1H3,(H,26,27,28). The Balaban J connectivity index is 1.57. The highest BCUT2D eigenvalue weighted by Gasteiger charge is 2.34. The van der Waals surface area contributed by atoms with Crippen LogP contribution < -0.4 is 10.2 Å². The molecule has 192 valence electrons. The maximum absolute atomic E-state index is 13.4. The molecule has 0 spiro atoms. The van der Waals surface area contributed by atoms with Crippen LogP contribution in [0.15, 0.2) is 30.3 Å². The summed E-state index contributed by atoms with van der Waals surface area (Å²) in [5.74, 6) is 0.437. The van der Waals surface area contributed by atoms with Crippen LogP contribution in [0.1, 0.15) is 30.2 Å². The molecule has 0 saturated carbocycles. The molecule has 0 aliphatic carbocycles. The Kier molecular flexibility index (Phi) is 7.43. The Hall–Kier alpha value is -3.68. The normalized spacial score (nSPS) is 14.6. The molecule has 3 aromatic rings. The lowest BCUT2D eigenvalue weighted by molar-refractivity contribution is -0.384. The fourth-order valence-electron chi connectivity index (χ4n) is 3.75. The molecule has 1 saturated heterocycles. The molecule has 4 rings (SSSR count). The Morgan fingerprint density at radius 2 is 2.03 bits per heavy atom. The van der Waals surface area contributed by atoms with Crippen molar-refractivity contribution in [2.24, 2.45) is 0 Å². The number of thiophene rings is 1. The number of nitrogens with zero attached hydrogens (tertiary/aromatic N) is 4. The number of non-ortho nitro benzene ring substituents is 1. The number of hydrogen-bond acceptors (Lipinski definition) is 10. The third-order valence-electron chi connectivity index (χ3n) is 5.49. The number of nitrogens with one attached hydrogen (secondary N) is 1. The second-order valence-corrected chi connectivity index (χ2v) is 9.00. The predicted molar refractivity (Wildman–Crippen MR) is 126 cm³/mol. The van der Waals surface area contributed by atoms with Gasteiger partial charge in [-0.1, -0.05) is 12.1 Å². The van der Waals surface area contributed by atoms with Gasteiger partial charge in [-0.25, -0.2) is 9.78 Å². The van der Waals surface area contributed by atoms with Gasteiger partial charge in [-0.2, -0.15) is 18.2 Å². The van der Waals surface area contributed by atoms with Crippen LogP contribution in [-0.2, 0) is 22.2 Å². The summed E-state index contributed by atoms with van der Waals surface area (Å²) in [7, 11) is 0. The van der Waals surface area contributed by atoms with E-state index < -0.39 is 22.1 Å². The predicted octanol–water partition coefficient (Wildman–Crippen LogP) is 5.37. The van der Waals surface area contributed by atoms with Crippen molar-refractivity contribution in [1.82, 2.24) is 9.97 Å². The van der Waals surface area contributed by atoms with Crippen molar-refractivity contribution in [3.63, 3.8) is 0 Å². The minimum atomic E-state index is -4.54. The quantitative estimate of drug-likeness (QED) is 0.246. The SMILES string of the molecule is CCOC(=O)OC1CCN(c2nc(NCc3cccc([N+](=O)[O-])c3)c3cc(C(F)(F)F)sc3n2)CC1. The Labute approximate surface area is 207 Å². The third-order valence-corrected chi connectivity index (χ3v) is 6.57. The highest BCUT2D eigenvalue weighted by molar-refractivity contribution is 7.18. The van der Waals surface area contributed by atoms with Crippen molar-refractivity contribution in [2.45, 2.75) is 38.6 Å². The van der Waals surface area contributed by atoms with E-state index in [1.165, 1.54) is 18.2 Å². The summed E-state index contributed by atoms with van der Waals surface area (Å²) in [6, 6.07) is 6.94. The molecule has 1 N–H and O–H groups in total. The van der Waals surface area contributed by atoms with Crippen LogP contribution in [0.3, 0.4) is 0 Å². The number of fused-ring (bicyclic) bond motifs is 1. The van der Waals surface area contributed by atoms with Crippen molar-refractivity contribution in [2.75, 3.05) is 29.9 Å². The van der Waals surface area contributed by atoms with Gasteiger partial charge in [-0.05, 0) is 18.6 Å². The van der Waals surface area contributed by atoms with Crippen LogP contribution in [0, 0.1) is 10.1 Å². The lowest BCUT2D eigenvalue weighted by Gasteiger charge is -2.31. The molecule has 0 unspecified atom stereocenters. The molecule has 3 heterocycles. The van der Waals surface area contributed by atoms with Crippen LogP contribution >= 0.6 is 11.3 Å². The molecular formula is C22H22F3N5O5S. The maximum Gasteiger partial charge on any atom is 0.508 e. The molecule has 1 fully saturated rings. The van der Waals surface area contributed by atoms with E-state index >= 15 is 0 Å². The largest absolute Gasteiger partial charge is 0.508 e. The summed E-state index contributed by atoms with van der Waals surface area (Å²) >= 11 is 0.521. The summed E-state index contributed by atoms with van der Waals surface area (Å²) in [6.45, 7) is 2.85. The van der Waals surface area contributed by atoms with Crippen molar-refractivity contribution in [3.05, 3.63) is 50.9 Å². The molecule has 0 radical (unpaired) electrons. The molecule has 0 amide bonds. The first-order chi connectivity index (χ1) is 17.1. The first-order valence-electron chi connectivity index (χ1n) is 11.1. The van der Waals surface area contributed by atoms with Crippen LogP contribution in [0.25, 0.3) is 10.2 Å². The van der Waals surface area contributed by atoms with Gasteiger partial charge in [0.25, 0.3) is 5.69 Å². The number of anilines is 2. The van der Waals surface area contributed by atoms with Crippen LogP contribution in [0.2, 0.25) is 0 Å². The highest BCUT2D eigenvalue weighted by atomic mass is 32.1. The molecule has 14 heteroatoms. The van der Waals surface area contributed by atoms with E-state index in [-0.39, 0.29) is 46.9 Å². The van der Waals surface area contributed by atoms with Gasteiger partial charge in [0.05, 0.1) is 16.9 Å². The summed E-state index contributed by atoms with van der Waals surface area (Å²) in [4.78, 5) is 32.1. The number of alkyl halides is 3. The van der Waals surface area contributed by atoms with Gasteiger partial charge >= 0.3 is 12.3 Å². The molecule has 1 aliphatic heterocycles. The van der Waals surface area contributed by atoms with E-state index in [0.717, 1.165) is 6.07 Å². The zero-order valence-corrected chi connectivity index (χ0v) is 19.9. The Bertz CT molecular complexity index is 1260. The lowest BCUT2D eigenvalue weighted by Crippen LogP contribution is -2.39. The topological polar surface area (TPSA) is 120 Å². The van der Waals surface area contributed by atoms with E-state index in [2.05, 4.69) is 15.3 Å². The maximum atomic E-state index is 13.4. The first kappa shape index (κ1) is 25.4. The highest BCUT2D eigenvalue weighted by Crippen LogP contribution is 2.40. The third kappa shape index (κ3) is 5.93. The number of rotatable bonds is 7. The molecular weight excluding hydrogens is 503 g/mol. The van der Waals surface area contributed by atoms with Crippen LogP contribution in [-0.4, -0.2) is 46.8 Å². The Morgan fingerprint density at radius 3 is 2.69 bits per heavy atom. The van der Waals surface area contributed by atoms with E-state index in [4.69, 9.17) is 9.47 Å². The number of nitro groups is 1. The van der Waals surface area contributed by atoms with E-state index in [9.17, 15) is 28.1 Å². The molecule has 1 aliphatic rings. The average Bonchev–Trinajstić information content (AvgIpc) is 3.28. The molecule has 10 nitrogen and oxygen atoms in total. The molecule has 0 atom stereocenters. The smallest absolute Gasteiger partial charge is 0.435 e. The summed E-state index contributed by atoms with van der Waals surface area (Å²) < 4.78 is 50.3.